The maximum atomic E-state index is 14.9. The fraction of sp³-hybridized carbons (Fsp3) is 0.652. The molecule has 17 nitrogen and oxygen atoms in total. The maximum Gasteiger partial charge on any atom is 0.426 e. The SMILES string of the molecule is CCCC(=O)OCN(C(=O)[C@@H](CC(=O)[C@H]1CCCCN1C)C(C)CC)[C@H](C[C@@H](OC(C)=O)c1nc(C(=O)N[C@@H](Cc2ccc(O)cc2)C[C@H](C)C(=O)NNC(=O)OCC)cs1)C(C)C. The van der Waals surface area contributed by atoms with E-state index >= 15 is 0 Å². The van der Waals surface area contributed by atoms with Crippen molar-refractivity contribution in [2.75, 3.05) is 26.9 Å². The number of benzene rings is 1. The van der Waals surface area contributed by atoms with Crippen molar-refractivity contribution in [2.45, 2.75) is 144 Å². The van der Waals surface area contributed by atoms with Gasteiger partial charge < -0.3 is 29.5 Å². The summed E-state index contributed by atoms with van der Waals surface area (Å²) in [6.07, 6.45) is 2.70. The van der Waals surface area contributed by atoms with E-state index in [1.807, 2.05) is 41.7 Å². The number of nitrogens with zero attached hydrogens (tertiary/aromatic N) is 3. The van der Waals surface area contributed by atoms with Crippen molar-refractivity contribution in [3.05, 3.63) is 45.9 Å². The van der Waals surface area contributed by atoms with Crippen molar-refractivity contribution in [2.24, 2.45) is 23.7 Å². The van der Waals surface area contributed by atoms with Crippen LogP contribution in [-0.4, -0.2) is 106 Å². The number of ketones is 1. The molecule has 1 aromatic heterocycles. The van der Waals surface area contributed by atoms with Crippen LogP contribution in [0.5, 0.6) is 5.75 Å². The van der Waals surface area contributed by atoms with Crippen LogP contribution in [0.25, 0.3) is 0 Å². The van der Waals surface area contributed by atoms with Gasteiger partial charge in [0.15, 0.2) is 18.6 Å². The lowest BCUT2D eigenvalue weighted by atomic mass is 9.82. The number of aromatic hydroxyl groups is 1. The topological polar surface area (TPSA) is 223 Å². The van der Waals surface area contributed by atoms with Crippen molar-refractivity contribution in [1.29, 1.82) is 0 Å². The van der Waals surface area contributed by atoms with Gasteiger partial charge in [0, 0.05) is 55.5 Å². The molecule has 64 heavy (non-hydrogen) atoms. The molecule has 0 radical (unpaired) electrons. The number of aromatic nitrogens is 1. The first-order valence-electron chi connectivity index (χ1n) is 22.5. The number of rotatable bonds is 24. The monoisotopic (exact) mass is 914 g/mol. The maximum absolute atomic E-state index is 14.9. The van der Waals surface area contributed by atoms with Crippen molar-refractivity contribution in [3.8, 4) is 5.75 Å². The van der Waals surface area contributed by atoms with Crippen LogP contribution in [0.1, 0.15) is 140 Å². The summed E-state index contributed by atoms with van der Waals surface area (Å²) in [6.45, 7) is 14.7. The third kappa shape index (κ3) is 16.8. The Bertz CT molecular complexity index is 1860. The van der Waals surface area contributed by atoms with E-state index in [1.54, 1.807) is 26.0 Å². The summed E-state index contributed by atoms with van der Waals surface area (Å²) in [6, 6.07) is 4.89. The number of piperidine rings is 1. The predicted octanol–water partition coefficient (Wildman–Crippen LogP) is 6.25. The molecule has 1 fully saturated rings. The molecule has 1 unspecified atom stereocenters. The second-order valence-corrected chi connectivity index (χ2v) is 18.0. The molecule has 0 bridgehead atoms. The number of phenolic OH excluding ortho intramolecular Hbond substituents is 1. The Labute approximate surface area is 381 Å². The van der Waals surface area contributed by atoms with Crippen LogP contribution < -0.4 is 16.2 Å². The minimum absolute atomic E-state index is 0.00490. The first-order chi connectivity index (χ1) is 30.4. The van der Waals surface area contributed by atoms with E-state index in [0.29, 0.717) is 17.8 Å². The van der Waals surface area contributed by atoms with Gasteiger partial charge in [0.2, 0.25) is 11.8 Å². The Hall–Kier alpha value is -5.10. The average molecular weight is 915 g/mol. The number of thiazole rings is 1. The molecule has 18 heteroatoms. The molecular formula is C46H70N6O11S. The number of hydrogen-bond acceptors (Lipinski definition) is 14. The number of Topliss-reactive ketones (excluding diaryl/α,β-unsaturated/α-hetero) is 1. The van der Waals surface area contributed by atoms with Crippen LogP contribution >= 0.6 is 11.3 Å². The highest BCUT2D eigenvalue weighted by Gasteiger charge is 2.39. The predicted molar refractivity (Wildman–Crippen MR) is 241 cm³/mol. The third-order valence-electron chi connectivity index (χ3n) is 11.7. The smallest absolute Gasteiger partial charge is 0.426 e. The van der Waals surface area contributed by atoms with Crippen LogP contribution in [0.2, 0.25) is 0 Å². The first-order valence-corrected chi connectivity index (χ1v) is 23.4. The molecule has 0 aliphatic carbocycles. The van der Waals surface area contributed by atoms with Crippen LogP contribution in [-0.2, 0) is 44.6 Å². The van der Waals surface area contributed by atoms with Crippen molar-refractivity contribution >= 4 is 52.9 Å². The van der Waals surface area contributed by atoms with Gasteiger partial charge in [-0.05, 0) is 82.2 Å². The fourth-order valence-corrected chi connectivity index (χ4v) is 8.67. The first kappa shape index (κ1) is 53.2. The molecule has 1 aliphatic heterocycles. The van der Waals surface area contributed by atoms with Gasteiger partial charge in [0.1, 0.15) is 16.5 Å². The van der Waals surface area contributed by atoms with E-state index in [9.17, 15) is 38.7 Å². The van der Waals surface area contributed by atoms with E-state index in [-0.39, 0.29) is 86.5 Å². The molecule has 0 spiro atoms. The standard InChI is InChI=1S/C46H70N6O11S/c1-10-15-41(56)62-27-52(45(59)35(29(6)11-2)24-39(55)37-16-13-14-21-51(37)9)38(28(4)5)25-40(63-31(8)53)44-48-36(26-64-44)43(58)47-33(23-32-17-19-34(54)20-18-32)22-30(7)42(57)49-50-46(60)61-12-3/h17-20,26,28-30,33,35,37-38,40,54H,10-16,21-25,27H2,1-9H3,(H,47,58)(H,49,57)(H,50,60)/t29?,30-,33+,35-,37+,38+,40+/m0/s1. The van der Waals surface area contributed by atoms with E-state index in [1.165, 1.54) is 29.3 Å². The van der Waals surface area contributed by atoms with Gasteiger partial charge in [-0.1, -0.05) is 66.5 Å². The largest absolute Gasteiger partial charge is 0.508 e. The number of nitrogens with one attached hydrogen (secondary N) is 3. The van der Waals surface area contributed by atoms with Gasteiger partial charge >= 0.3 is 18.0 Å². The molecule has 2 aromatic rings. The molecule has 4 N–H and O–H groups in total. The summed E-state index contributed by atoms with van der Waals surface area (Å²) in [7, 11) is 1.94. The van der Waals surface area contributed by atoms with Crippen molar-refractivity contribution in [3.63, 3.8) is 0 Å². The summed E-state index contributed by atoms with van der Waals surface area (Å²) < 4.78 is 16.4. The van der Waals surface area contributed by atoms with Crippen molar-refractivity contribution < 1.29 is 52.9 Å². The summed E-state index contributed by atoms with van der Waals surface area (Å²) in [5.41, 5.74) is 5.32. The number of likely N-dealkylation sites (tertiary alicyclic amines) is 1. The second kappa shape index (κ2) is 26.6. The molecule has 4 amide bonds. The van der Waals surface area contributed by atoms with Gasteiger partial charge in [-0.15, -0.1) is 11.3 Å². The summed E-state index contributed by atoms with van der Waals surface area (Å²) >= 11 is 1.10. The molecule has 356 valence electrons. The Kier molecular flexibility index (Phi) is 22.2. The Balaban J connectivity index is 1.94. The quantitative estimate of drug-likeness (QED) is 0.0397. The summed E-state index contributed by atoms with van der Waals surface area (Å²) in [5.74, 6) is -4.21. The zero-order valence-electron chi connectivity index (χ0n) is 39.0. The highest BCUT2D eigenvalue weighted by molar-refractivity contribution is 7.09. The number of hydrogen-bond donors (Lipinski definition) is 4. The molecule has 1 aliphatic rings. The number of carbonyl (C=O) groups excluding carboxylic acids is 7. The number of hydrazine groups is 1. The lowest BCUT2D eigenvalue weighted by Gasteiger charge is -2.39. The minimum atomic E-state index is -1.01. The van der Waals surface area contributed by atoms with Gasteiger partial charge in [0.25, 0.3) is 5.91 Å². The zero-order chi connectivity index (χ0) is 47.5. The molecule has 1 saturated heterocycles. The van der Waals surface area contributed by atoms with E-state index < -0.39 is 59.9 Å². The zero-order valence-corrected chi connectivity index (χ0v) is 39.8. The minimum Gasteiger partial charge on any atom is -0.508 e. The molecule has 2 heterocycles. The normalized spacial score (nSPS) is 16.9. The number of likely N-dealkylation sites (N-methyl/N-ethyl adjacent to an activating group) is 1. The highest BCUT2D eigenvalue weighted by atomic mass is 32.1. The lowest BCUT2D eigenvalue weighted by molar-refractivity contribution is -0.161. The number of ether oxygens (including phenoxy) is 3. The van der Waals surface area contributed by atoms with Crippen LogP contribution in [0.15, 0.2) is 29.6 Å². The molecular weight excluding hydrogens is 845 g/mol. The number of phenols is 1. The molecule has 3 rings (SSSR count). The van der Waals surface area contributed by atoms with Gasteiger partial charge in [-0.25, -0.2) is 15.2 Å². The van der Waals surface area contributed by atoms with E-state index in [2.05, 4.69) is 26.1 Å². The number of carbonyl (C=O) groups is 7. The van der Waals surface area contributed by atoms with Crippen LogP contribution in [0.4, 0.5) is 4.79 Å². The van der Waals surface area contributed by atoms with Gasteiger partial charge in [0.05, 0.1) is 12.6 Å². The van der Waals surface area contributed by atoms with Crippen LogP contribution in [0, 0.1) is 23.7 Å². The molecule has 1 aromatic carbocycles. The highest BCUT2D eigenvalue weighted by Crippen LogP contribution is 2.34. The third-order valence-corrected chi connectivity index (χ3v) is 12.6. The van der Waals surface area contributed by atoms with Crippen molar-refractivity contribution in [1.82, 2.24) is 31.0 Å². The molecule has 0 saturated carbocycles. The van der Waals surface area contributed by atoms with Gasteiger partial charge in [-0.3, -0.25) is 39.1 Å². The van der Waals surface area contributed by atoms with Gasteiger partial charge in [-0.2, -0.15) is 0 Å². The summed E-state index contributed by atoms with van der Waals surface area (Å²) in [5, 5.41) is 14.6. The Morgan fingerprint density at radius 2 is 1.67 bits per heavy atom. The Morgan fingerprint density at radius 1 is 0.969 bits per heavy atom. The number of amides is 4. The molecule has 7 atom stereocenters. The number of esters is 2. The summed E-state index contributed by atoms with van der Waals surface area (Å²) in [4.78, 5) is 101. The lowest BCUT2D eigenvalue weighted by Crippen LogP contribution is -2.50. The van der Waals surface area contributed by atoms with E-state index in [0.717, 1.165) is 42.7 Å². The second-order valence-electron chi connectivity index (χ2n) is 17.1. The van der Waals surface area contributed by atoms with Crippen LogP contribution in [0.3, 0.4) is 0 Å². The fourth-order valence-electron chi connectivity index (χ4n) is 7.83. The Morgan fingerprint density at radius 3 is 2.28 bits per heavy atom. The van der Waals surface area contributed by atoms with E-state index in [4.69, 9.17) is 14.2 Å². The average Bonchev–Trinajstić information content (AvgIpc) is 3.75.